The fourth-order valence-electron chi connectivity index (χ4n) is 6.80. The summed E-state index contributed by atoms with van der Waals surface area (Å²) >= 11 is 0. The number of cyclic esters (lactones) is 1. The molecule has 3 heterocycles. The number of nitrogens with two attached hydrogens (primary N) is 1. The molecule has 0 bridgehead atoms. The smallest absolute Gasteiger partial charge is 0.411 e. The number of methoxy groups -OCH3 is 1. The Kier molecular flexibility index (Phi) is 9.47. The van der Waals surface area contributed by atoms with Crippen LogP contribution in [0.5, 0.6) is 5.75 Å². The van der Waals surface area contributed by atoms with Gasteiger partial charge >= 0.3 is 6.09 Å². The van der Waals surface area contributed by atoms with Crippen LogP contribution in [0.15, 0.2) is 65.8 Å². The molecule has 1 aromatic heterocycles. The highest BCUT2D eigenvalue weighted by Gasteiger charge is 2.40. The number of benzene rings is 1. The van der Waals surface area contributed by atoms with Gasteiger partial charge in [-0.25, -0.2) is 9.78 Å². The van der Waals surface area contributed by atoms with Crippen molar-refractivity contribution < 1.29 is 19.1 Å². The van der Waals surface area contributed by atoms with Crippen LogP contribution in [0, 0.1) is 5.92 Å². The second-order valence-electron chi connectivity index (χ2n) is 12.7. The molecule has 8 nitrogen and oxygen atoms in total. The highest BCUT2D eigenvalue weighted by molar-refractivity contribution is 5.77. The molecule has 2 saturated heterocycles. The number of primary amides is 1. The Morgan fingerprint density at radius 2 is 1.82 bits per heavy atom. The van der Waals surface area contributed by atoms with Crippen LogP contribution >= 0.6 is 0 Å². The number of hydrogen-bond donors (Lipinski definition) is 1. The number of pyridine rings is 1. The van der Waals surface area contributed by atoms with Gasteiger partial charge in [-0.2, -0.15) is 0 Å². The SMILES string of the molecule is C=C(C)/C=C(C)\C=C(/C)[C@H]1OC(=O)N(Cc2nc(N3CCC3)ccc2-c2cc([C@H]3CC[C@H](C(N)=O)CC3)ccc2OC)[C@H]1C. The first-order valence-corrected chi connectivity index (χ1v) is 15.8. The van der Waals surface area contributed by atoms with Gasteiger partial charge in [0.15, 0.2) is 0 Å². The summed E-state index contributed by atoms with van der Waals surface area (Å²) in [5.41, 5.74) is 12.5. The van der Waals surface area contributed by atoms with Crippen molar-refractivity contribution in [1.29, 1.82) is 0 Å². The number of rotatable bonds is 10. The maximum Gasteiger partial charge on any atom is 0.411 e. The molecule has 3 aliphatic rings. The van der Waals surface area contributed by atoms with Gasteiger partial charge in [-0.15, -0.1) is 0 Å². The summed E-state index contributed by atoms with van der Waals surface area (Å²) in [4.78, 5) is 34.2. The van der Waals surface area contributed by atoms with Crippen LogP contribution in [0.1, 0.15) is 77.0 Å². The number of allylic oxidation sites excluding steroid dienone is 4. The molecule has 2 atom stereocenters. The van der Waals surface area contributed by atoms with Crippen molar-refractivity contribution in [2.24, 2.45) is 11.7 Å². The molecule has 3 fully saturated rings. The predicted octanol–water partition coefficient (Wildman–Crippen LogP) is 6.90. The summed E-state index contributed by atoms with van der Waals surface area (Å²) in [6.45, 7) is 14.3. The highest BCUT2D eigenvalue weighted by atomic mass is 16.6. The van der Waals surface area contributed by atoms with Crippen molar-refractivity contribution in [3.05, 3.63) is 77.0 Å². The van der Waals surface area contributed by atoms with Gasteiger partial charge in [-0.3, -0.25) is 9.69 Å². The Labute approximate surface area is 261 Å². The quantitative estimate of drug-likeness (QED) is 0.299. The van der Waals surface area contributed by atoms with E-state index in [1.54, 1.807) is 12.0 Å². The van der Waals surface area contributed by atoms with Crippen LogP contribution < -0.4 is 15.4 Å². The molecule has 1 aliphatic carbocycles. The van der Waals surface area contributed by atoms with Crippen molar-refractivity contribution in [3.8, 4) is 16.9 Å². The third-order valence-electron chi connectivity index (χ3n) is 9.34. The standard InChI is InChI=1S/C36H46N4O4/c1-22(2)18-23(3)19-24(4)34-25(5)40(36(42)44-34)21-31-29(13-15-33(38-31)39-16-7-17-39)30-20-28(12-14-32(30)43-6)26-8-10-27(11-9-26)35(37)41/h12-15,18-20,25-27,34H,1,7-11,16-17,21H2,2-6H3,(H2,37,41)/b23-18-,24-19+/t25-,26-,27-,34+/m0/s1. The van der Waals surface area contributed by atoms with E-state index in [-0.39, 0.29) is 30.1 Å². The molecule has 0 unspecified atom stereocenters. The lowest BCUT2D eigenvalue weighted by molar-refractivity contribution is -0.122. The number of carbonyl (C=O) groups is 2. The average molecular weight is 599 g/mol. The fraction of sp³-hybridized carbons (Fsp3) is 0.472. The van der Waals surface area contributed by atoms with Gasteiger partial charge in [0.25, 0.3) is 0 Å². The minimum Gasteiger partial charge on any atom is -0.496 e. The number of anilines is 1. The molecule has 234 valence electrons. The van der Waals surface area contributed by atoms with Crippen molar-refractivity contribution in [1.82, 2.24) is 9.88 Å². The number of nitrogens with zero attached hydrogens (tertiary/aromatic N) is 3. The molecule has 0 radical (unpaired) electrons. The van der Waals surface area contributed by atoms with Gasteiger partial charge in [0.05, 0.1) is 25.4 Å². The molecule has 2 N–H and O–H groups in total. The third kappa shape index (κ3) is 6.69. The minimum absolute atomic E-state index is 0.0376. The second kappa shape index (κ2) is 13.3. The van der Waals surface area contributed by atoms with Crippen LogP contribution in [-0.2, 0) is 16.1 Å². The minimum atomic E-state index is -0.355. The molecule has 44 heavy (non-hydrogen) atoms. The highest BCUT2D eigenvalue weighted by Crippen LogP contribution is 2.41. The average Bonchev–Trinajstić information content (AvgIpc) is 3.24. The molecule has 2 aliphatic heterocycles. The monoisotopic (exact) mass is 598 g/mol. The van der Waals surface area contributed by atoms with Gasteiger partial charge in [0.2, 0.25) is 5.91 Å². The van der Waals surface area contributed by atoms with Crippen molar-refractivity contribution in [2.75, 3.05) is 25.1 Å². The summed E-state index contributed by atoms with van der Waals surface area (Å²) in [7, 11) is 1.68. The first kappa shape index (κ1) is 31.4. The van der Waals surface area contributed by atoms with Crippen molar-refractivity contribution in [3.63, 3.8) is 0 Å². The van der Waals surface area contributed by atoms with Crippen LogP contribution in [0.4, 0.5) is 10.6 Å². The number of amides is 2. The maximum absolute atomic E-state index is 13.3. The lowest BCUT2D eigenvalue weighted by Gasteiger charge is -2.33. The zero-order valence-corrected chi connectivity index (χ0v) is 26.8. The Balaban J connectivity index is 1.47. The number of ether oxygens (including phenoxy) is 2. The summed E-state index contributed by atoms with van der Waals surface area (Å²) in [6, 6.07) is 10.4. The number of hydrogen-bond acceptors (Lipinski definition) is 6. The summed E-state index contributed by atoms with van der Waals surface area (Å²) in [6.07, 6.45) is 8.00. The number of carbonyl (C=O) groups excluding carboxylic acids is 2. The fourth-order valence-corrected chi connectivity index (χ4v) is 6.80. The van der Waals surface area contributed by atoms with Gasteiger partial charge in [-0.1, -0.05) is 35.9 Å². The maximum atomic E-state index is 13.3. The molecule has 2 aromatic rings. The molecule has 5 rings (SSSR count). The van der Waals surface area contributed by atoms with Gasteiger partial charge < -0.3 is 20.1 Å². The summed E-state index contributed by atoms with van der Waals surface area (Å²) in [5.74, 6) is 1.79. The molecule has 1 saturated carbocycles. The van der Waals surface area contributed by atoms with Gasteiger partial charge in [0, 0.05) is 30.1 Å². The van der Waals surface area contributed by atoms with E-state index in [1.807, 2.05) is 39.8 Å². The lowest BCUT2D eigenvalue weighted by atomic mass is 9.78. The predicted molar refractivity (Wildman–Crippen MR) is 175 cm³/mol. The zero-order valence-electron chi connectivity index (χ0n) is 26.8. The Morgan fingerprint density at radius 1 is 1.09 bits per heavy atom. The Bertz CT molecular complexity index is 1480. The van der Waals surface area contributed by atoms with E-state index in [1.165, 1.54) is 5.56 Å². The normalized spacial score (nSPS) is 24.2. The third-order valence-corrected chi connectivity index (χ3v) is 9.34. The first-order valence-electron chi connectivity index (χ1n) is 15.8. The van der Waals surface area contributed by atoms with E-state index in [4.69, 9.17) is 20.2 Å². The summed E-state index contributed by atoms with van der Waals surface area (Å²) < 4.78 is 11.8. The van der Waals surface area contributed by atoms with E-state index >= 15 is 0 Å². The largest absolute Gasteiger partial charge is 0.496 e. The van der Waals surface area contributed by atoms with Crippen LogP contribution in [0.2, 0.25) is 0 Å². The van der Waals surface area contributed by atoms with Crippen LogP contribution in [-0.4, -0.2) is 54.2 Å². The van der Waals surface area contributed by atoms with Crippen LogP contribution in [0.3, 0.4) is 0 Å². The van der Waals surface area contributed by atoms with Crippen molar-refractivity contribution in [2.45, 2.75) is 84.4 Å². The van der Waals surface area contributed by atoms with E-state index in [0.29, 0.717) is 12.5 Å². The zero-order chi connectivity index (χ0) is 31.5. The number of aromatic nitrogens is 1. The molecule has 2 amide bonds. The second-order valence-corrected chi connectivity index (χ2v) is 12.7. The molecule has 8 heteroatoms. The van der Waals surface area contributed by atoms with E-state index < -0.39 is 0 Å². The van der Waals surface area contributed by atoms with E-state index in [9.17, 15) is 9.59 Å². The summed E-state index contributed by atoms with van der Waals surface area (Å²) in [5, 5.41) is 0. The van der Waals surface area contributed by atoms with Crippen molar-refractivity contribution >= 4 is 17.8 Å². The molecule has 1 aromatic carbocycles. The van der Waals surface area contributed by atoms with Gasteiger partial charge in [-0.05, 0) is 101 Å². The van der Waals surface area contributed by atoms with E-state index in [0.717, 1.165) is 90.3 Å². The Morgan fingerprint density at radius 3 is 2.43 bits per heavy atom. The molecular weight excluding hydrogens is 552 g/mol. The molecule has 0 spiro atoms. The van der Waals surface area contributed by atoms with Crippen LogP contribution in [0.25, 0.3) is 11.1 Å². The molecular formula is C36H46N4O4. The first-order chi connectivity index (χ1) is 21.0. The topological polar surface area (TPSA) is 98.0 Å². The van der Waals surface area contributed by atoms with Gasteiger partial charge in [0.1, 0.15) is 17.7 Å². The Hall–Kier alpha value is -4.07. The van der Waals surface area contributed by atoms with E-state index in [2.05, 4.69) is 41.8 Å². The lowest BCUT2D eigenvalue weighted by Crippen LogP contribution is -2.38.